The quantitative estimate of drug-likeness (QED) is 0.753. The largest absolute Gasteiger partial charge is 0.381 e. The molecule has 2 aliphatic rings. The number of anilines is 1. The van der Waals surface area contributed by atoms with E-state index in [2.05, 4.69) is 10.3 Å². The van der Waals surface area contributed by atoms with Gasteiger partial charge in [0.15, 0.2) is 0 Å². The van der Waals surface area contributed by atoms with Crippen LogP contribution in [0.2, 0.25) is 0 Å². The second-order valence-electron chi connectivity index (χ2n) is 4.80. The van der Waals surface area contributed by atoms with Crippen molar-refractivity contribution in [1.29, 1.82) is 0 Å². The Morgan fingerprint density at radius 3 is 2.80 bits per heavy atom. The van der Waals surface area contributed by atoms with E-state index in [-0.39, 0.29) is 0 Å². The molecule has 2 bridgehead atoms. The fourth-order valence-electron chi connectivity index (χ4n) is 3.10. The van der Waals surface area contributed by atoms with Gasteiger partial charge in [0.2, 0.25) is 5.95 Å². The van der Waals surface area contributed by atoms with Gasteiger partial charge in [-0.15, -0.1) is 0 Å². The van der Waals surface area contributed by atoms with Crippen molar-refractivity contribution in [2.45, 2.75) is 31.7 Å². The number of aromatic nitrogens is 1. The lowest BCUT2D eigenvalue weighted by Crippen LogP contribution is -2.25. The molecule has 2 aliphatic carbocycles. The molecule has 80 valence electrons. The van der Waals surface area contributed by atoms with Crippen LogP contribution in [0.5, 0.6) is 0 Å². The van der Waals surface area contributed by atoms with Gasteiger partial charge in [-0.05, 0) is 43.2 Å². The van der Waals surface area contributed by atoms with E-state index in [0.29, 0.717) is 6.04 Å². The van der Waals surface area contributed by atoms with Crippen molar-refractivity contribution >= 4 is 5.69 Å². The van der Waals surface area contributed by atoms with Crippen LogP contribution >= 0.6 is 0 Å². The molecule has 15 heavy (non-hydrogen) atoms. The van der Waals surface area contributed by atoms with Crippen molar-refractivity contribution in [3.8, 4) is 0 Å². The number of halogens is 1. The van der Waals surface area contributed by atoms with E-state index in [0.717, 1.165) is 17.5 Å². The molecule has 1 aromatic rings. The Morgan fingerprint density at radius 2 is 2.20 bits per heavy atom. The lowest BCUT2D eigenvalue weighted by molar-refractivity contribution is 0.439. The second kappa shape index (κ2) is 3.47. The average molecular weight is 206 g/mol. The maximum atomic E-state index is 12.6. The summed E-state index contributed by atoms with van der Waals surface area (Å²) >= 11 is 0. The number of hydrogen-bond acceptors (Lipinski definition) is 2. The van der Waals surface area contributed by atoms with Gasteiger partial charge >= 0.3 is 0 Å². The third-order valence-electron chi connectivity index (χ3n) is 3.82. The molecule has 1 aromatic heterocycles. The zero-order valence-electron chi connectivity index (χ0n) is 8.62. The minimum atomic E-state index is -0.409. The Labute approximate surface area is 88.9 Å². The summed E-state index contributed by atoms with van der Waals surface area (Å²) in [6.45, 7) is 0. The molecule has 3 rings (SSSR count). The first-order valence-electron chi connectivity index (χ1n) is 5.69. The van der Waals surface area contributed by atoms with E-state index in [1.807, 2.05) is 0 Å². The van der Waals surface area contributed by atoms with Crippen LogP contribution < -0.4 is 5.32 Å². The Bertz CT molecular complexity index is 349. The van der Waals surface area contributed by atoms with E-state index >= 15 is 0 Å². The summed E-state index contributed by atoms with van der Waals surface area (Å²) in [4.78, 5) is 3.65. The molecule has 2 fully saturated rings. The Morgan fingerprint density at radius 1 is 1.27 bits per heavy atom. The molecule has 0 aliphatic heterocycles. The third kappa shape index (κ3) is 1.71. The zero-order chi connectivity index (χ0) is 10.3. The second-order valence-corrected chi connectivity index (χ2v) is 4.80. The van der Waals surface area contributed by atoms with Gasteiger partial charge in [0.05, 0.1) is 11.9 Å². The monoisotopic (exact) mass is 206 g/mol. The van der Waals surface area contributed by atoms with Crippen LogP contribution in [-0.2, 0) is 0 Å². The molecular weight excluding hydrogens is 191 g/mol. The summed E-state index contributed by atoms with van der Waals surface area (Å²) in [7, 11) is 0. The molecule has 1 N–H and O–H groups in total. The standard InChI is InChI=1S/C12H15FN2/c13-12-4-3-10(7-14-12)15-11-6-8-1-2-9(11)5-8/h3-4,7-9,11,15H,1-2,5-6H2. The highest BCUT2D eigenvalue weighted by atomic mass is 19.1. The summed E-state index contributed by atoms with van der Waals surface area (Å²) in [5.41, 5.74) is 0.953. The van der Waals surface area contributed by atoms with Crippen LogP contribution in [0.1, 0.15) is 25.7 Å². The van der Waals surface area contributed by atoms with Crippen molar-refractivity contribution in [3.63, 3.8) is 0 Å². The summed E-state index contributed by atoms with van der Waals surface area (Å²) < 4.78 is 12.6. The van der Waals surface area contributed by atoms with Crippen LogP contribution in [-0.4, -0.2) is 11.0 Å². The van der Waals surface area contributed by atoms with Crippen LogP contribution in [0, 0.1) is 17.8 Å². The Kier molecular flexibility index (Phi) is 2.11. The number of rotatable bonds is 2. The SMILES string of the molecule is Fc1ccc(NC2CC3CCC2C3)cn1. The molecule has 0 amide bonds. The minimum Gasteiger partial charge on any atom is -0.381 e. The fourth-order valence-corrected chi connectivity index (χ4v) is 3.10. The molecule has 1 heterocycles. The number of nitrogens with zero attached hydrogens (tertiary/aromatic N) is 1. The van der Waals surface area contributed by atoms with Crippen molar-refractivity contribution in [3.05, 3.63) is 24.3 Å². The minimum absolute atomic E-state index is 0.409. The van der Waals surface area contributed by atoms with Crippen LogP contribution in [0.15, 0.2) is 18.3 Å². The van der Waals surface area contributed by atoms with E-state index in [4.69, 9.17) is 0 Å². The Hall–Kier alpha value is -1.12. The van der Waals surface area contributed by atoms with Gasteiger partial charge in [-0.2, -0.15) is 4.39 Å². The molecule has 3 unspecified atom stereocenters. The molecule has 0 aromatic carbocycles. The highest BCUT2D eigenvalue weighted by molar-refractivity contribution is 5.41. The van der Waals surface area contributed by atoms with Crippen molar-refractivity contribution in [2.24, 2.45) is 11.8 Å². The van der Waals surface area contributed by atoms with Crippen LogP contribution in [0.3, 0.4) is 0 Å². The van der Waals surface area contributed by atoms with Crippen molar-refractivity contribution in [2.75, 3.05) is 5.32 Å². The molecule has 2 nitrogen and oxygen atoms in total. The highest BCUT2D eigenvalue weighted by Crippen LogP contribution is 2.45. The van der Waals surface area contributed by atoms with E-state index in [1.54, 1.807) is 12.3 Å². The Balaban J connectivity index is 1.68. The van der Waals surface area contributed by atoms with Gasteiger partial charge in [0.25, 0.3) is 0 Å². The van der Waals surface area contributed by atoms with Gasteiger partial charge in [-0.1, -0.05) is 6.42 Å². The summed E-state index contributed by atoms with van der Waals surface area (Å²) in [5.74, 6) is 1.36. The van der Waals surface area contributed by atoms with Gasteiger partial charge in [-0.3, -0.25) is 0 Å². The lowest BCUT2D eigenvalue weighted by atomic mass is 9.95. The number of pyridine rings is 1. The number of nitrogens with one attached hydrogen (secondary N) is 1. The van der Waals surface area contributed by atoms with Crippen LogP contribution in [0.25, 0.3) is 0 Å². The van der Waals surface area contributed by atoms with Crippen molar-refractivity contribution in [1.82, 2.24) is 4.98 Å². The molecular formula is C12H15FN2. The van der Waals surface area contributed by atoms with Gasteiger partial charge in [-0.25, -0.2) is 4.98 Å². The maximum absolute atomic E-state index is 12.6. The number of fused-ring (bicyclic) bond motifs is 2. The van der Waals surface area contributed by atoms with Crippen LogP contribution in [0.4, 0.5) is 10.1 Å². The molecule has 0 radical (unpaired) electrons. The lowest BCUT2D eigenvalue weighted by Gasteiger charge is -2.23. The normalized spacial score (nSPS) is 33.3. The van der Waals surface area contributed by atoms with E-state index < -0.39 is 5.95 Å². The summed E-state index contributed by atoms with van der Waals surface area (Å²) in [5, 5.41) is 3.47. The highest BCUT2D eigenvalue weighted by Gasteiger charge is 2.39. The van der Waals surface area contributed by atoms with Gasteiger partial charge in [0, 0.05) is 6.04 Å². The van der Waals surface area contributed by atoms with Gasteiger partial charge in [0.1, 0.15) is 0 Å². The number of hydrogen-bond donors (Lipinski definition) is 1. The third-order valence-corrected chi connectivity index (χ3v) is 3.82. The zero-order valence-corrected chi connectivity index (χ0v) is 8.62. The predicted octanol–water partition coefficient (Wildman–Crippen LogP) is 2.82. The van der Waals surface area contributed by atoms with Crippen molar-refractivity contribution < 1.29 is 4.39 Å². The van der Waals surface area contributed by atoms with Gasteiger partial charge < -0.3 is 5.32 Å². The predicted molar refractivity (Wildman–Crippen MR) is 57.1 cm³/mol. The fraction of sp³-hybridized carbons (Fsp3) is 0.583. The molecule has 0 spiro atoms. The molecule has 3 atom stereocenters. The summed E-state index contributed by atoms with van der Waals surface area (Å²) in [6.07, 6.45) is 7.01. The smallest absolute Gasteiger partial charge is 0.212 e. The molecule has 2 saturated carbocycles. The maximum Gasteiger partial charge on any atom is 0.212 e. The summed E-state index contributed by atoms with van der Waals surface area (Å²) in [6, 6.07) is 3.78. The topological polar surface area (TPSA) is 24.9 Å². The average Bonchev–Trinajstić information content (AvgIpc) is 2.83. The van der Waals surface area contributed by atoms with E-state index in [9.17, 15) is 4.39 Å². The first-order valence-corrected chi connectivity index (χ1v) is 5.69. The van der Waals surface area contributed by atoms with E-state index in [1.165, 1.54) is 31.7 Å². The molecule has 0 saturated heterocycles. The first kappa shape index (κ1) is 9.13. The molecule has 3 heteroatoms. The first-order chi connectivity index (χ1) is 7.31.